The molecule has 0 aliphatic rings. The average molecular weight is 248 g/mol. The quantitative estimate of drug-likeness (QED) is 0.624. The van der Waals surface area contributed by atoms with Crippen molar-refractivity contribution in [1.29, 1.82) is 0 Å². The van der Waals surface area contributed by atoms with Crippen LogP contribution in [0.15, 0.2) is 0 Å². The molecule has 0 fully saturated rings. The highest BCUT2D eigenvalue weighted by Gasteiger charge is 2.39. The molecule has 0 aromatic heterocycles. The second kappa shape index (κ2) is 10.4. The van der Waals surface area contributed by atoms with Gasteiger partial charge in [-0.3, -0.25) is 23.5 Å². The minimum Gasteiger partial charge on any atom is -0.269 e. The third-order valence-corrected chi connectivity index (χ3v) is 0.511. The average Bonchev–Trinajstić information content (AvgIpc) is 1.14. The van der Waals surface area contributed by atoms with Crippen LogP contribution in [-0.4, -0.2) is 12.1 Å². The van der Waals surface area contributed by atoms with Crippen molar-refractivity contribution in [3.8, 4) is 0 Å². The van der Waals surface area contributed by atoms with Gasteiger partial charge in [0.1, 0.15) is 6.42 Å². The molecule has 0 aromatic rings. The van der Waals surface area contributed by atoms with E-state index in [1.807, 2.05) is 0 Å². The van der Waals surface area contributed by atoms with Gasteiger partial charge in [-0.2, -0.15) is 13.2 Å². The molecule has 0 bridgehead atoms. The van der Waals surface area contributed by atoms with E-state index in [9.17, 15) is 22.0 Å². The first-order valence-electron chi connectivity index (χ1n) is 2.15. The summed E-state index contributed by atoms with van der Waals surface area (Å²) in [6.45, 7) is 0.237. The van der Waals surface area contributed by atoms with E-state index in [-0.39, 0.29) is 30.4 Å². The highest BCUT2D eigenvalue weighted by Crippen LogP contribution is 2.30. The van der Waals surface area contributed by atoms with Crippen molar-refractivity contribution in [3.05, 3.63) is 0 Å². The number of halogens is 10. The molecule has 0 saturated carbocycles. The van der Waals surface area contributed by atoms with E-state index in [4.69, 9.17) is 0 Å². The molecule has 14 heavy (non-hydrogen) atoms. The minimum atomic E-state index is -4.77. The van der Waals surface area contributed by atoms with Crippen molar-refractivity contribution in [1.82, 2.24) is 0 Å². The van der Waals surface area contributed by atoms with Crippen LogP contribution >= 0.6 is 0 Å². The molecule has 10 heteroatoms. The first-order valence-corrected chi connectivity index (χ1v) is 2.15. The van der Waals surface area contributed by atoms with Crippen molar-refractivity contribution >= 4 is 0 Å². The summed E-state index contributed by atoms with van der Waals surface area (Å²) in [5.41, 5.74) is 0. The monoisotopic (exact) mass is 248 g/mol. The lowest BCUT2D eigenvalue weighted by molar-refractivity contribution is -0.182. The van der Waals surface area contributed by atoms with Crippen LogP contribution < -0.4 is 0 Å². The first kappa shape index (κ1) is 37.8. The lowest BCUT2D eigenvalue weighted by atomic mass is 10.3. The molecule has 0 aromatic carbocycles. The van der Waals surface area contributed by atoms with Crippen LogP contribution in [0.3, 0.4) is 0 Å². The van der Waals surface area contributed by atoms with Gasteiger partial charge in [-0.05, 0) is 6.92 Å². The van der Waals surface area contributed by atoms with E-state index >= 15 is 0 Å². The van der Waals surface area contributed by atoms with Crippen LogP contribution in [-0.2, 0) is 0 Å². The Bertz CT molecular complexity index is 77.3. The lowest BCUT2D eigenvalue weighted by Gasteiger charge is -2.11. The normalized spacial score (nSPS) is 9.00. The van der Waals surface area contributed by atoms with Gasteiger partial charge in [-0.15, -0.1) is 0 Å². The van der Waals surface area contributed by atoms with Crippen molar-refractivity contribution in [2.45, 2.75) is 25.4 Å². The Morgan fingerprint density at radius 2 is 0.929 bits per heavy atom. The Balaban J connectivity index is -0.0000000320. The standard InChI is InChI=1S/C4H5F5.5FH/c1-3(5,6)2-4(7,8)9;;;;;/h2H2,1H3;5*1H. The maximum atomic E-state index is 11.5. The number of alkyl halides is 5. The van der Waals surface area contributed by atoms with Crippen LogP contribution in [0.4, 0.5) is 45.5 Å². The van der Waals surface area contributed by atoms with Gasteiger partial charge in [-0.1, -0.05) is 0 Å². The molecule has 0 unspecified atom stereocenters. The predicted molar refractivity (Wildman–Crippen MR) is 33.8 cm³/mol. The van der Waals surface area contributed by atoms with E-state index in [0.717, 1.165) is 0 Å². The summed E-state index contributed by atoms with van der Waals surface area (Å²) in [5, 5.41) is 0. The molecule has 0 heterocycles. The summed E-state index contributed by atoms with van der Waals surface area (Å²) in [6, 6.07) is 0. The molecule has 96 valence electrons. The van der Waals surface area contributed by atoms with Crippen LogP contribution in [0, 0.1) is 0 Å². The van der Waals surface area contributed by atoms with Gasteiger partial charge in [0.2, 0.25) is 0 Å². The Morgan fingerprint density at radius 1 is 0.714 bits per heavy atom. The van der Waals surface area contributed by atoms with Crippen molar-refractivity contribution in [2.75, 3.05) is 0 Å². The second-order valence-corrected chi connectivity index (χ2v) is 1.86. The van der Waals surface area contributed by atoms with Gasteiger partial charge in [0.15, 0.2) is 0 Å². The minimum absolute atomic E-state index is 0. The van der Waals surface area contributed by atoms with Crippen molar-refractivity contribution < 1.29 is 45.5 Å². The fraction of sp³-hybridized carbons (Fsp3) is 1.00. The Morgan fingerprint density at radius 3 is 0.929 bits per heavy atom. The predicted octanol–water partition coefficient (Wildman–Crippen LogP) is 3.36. The van der Waals surface area contributed by atoms with Gasteiger partial charge in [0, 0.05) is 0 Å². The fourth-order valence-electron chi connectivity index (χ4n) is 0.352. The van der Waals surface area contributed by atoms with Gasteiger partial charge in [-0.25, -0.2) is 8.78 Å². The topological polar surface area (TPSA) is 0 Å². The smallest absolute Gasteiger partial charge is 0.269 e. The van der Waals surface area contributed by atoms with Crippen LogP contribution in [0.25, 0.3) is 0 Å². The largest absolute Gasteiger partial charge is 0.394 e. The summed E-state index contributed by atoms with van der Waals surface area (Å²) >= 11 is 0. The second-order valence-electron chi connectivity index (χ2n) is 1.86. The molecule has 0 saturated heterocycles. The lowest BCUT2D eigenvalue weighted by Crippen LogP contribution is -2.21. The summed E-state index contributed by atoms with van der Waals surface area (Å²) in [5.74, 6) is -3.64. The number of rotatable bonds is 1. The summed E-state index contributed by atoms with van der Waals surface area (Å²) in [4.78, 5) is 0. The van der Waals surface area contributed by atoms with Crippen molar-refractivity contribution in [2.24, 2.45) is 0 Å². The molecular weight excluding hydrogens is 238 g/mol. The molecule has 0 spiro atoms. The number of hydrogen-bond donors (Lipinski definition) is 0. The Hall–Kier alpha value is -0.700. The first-order chi connectivity index (χ1) is 3.71. The van der Waals surface area contributed by atoms with E-state index in [1.54, 1.807) is 0 Å². The Kier molecular flexibility index (Phi) is 28.0. The zero-order valence-corrected chi connectivity index (χ0v) is 6.64. The summed E-state index contributed by atoms with van der Waals surface area (Å²) < 4.78 is 56.2. The van der Waals surface area contributed by atoms with Gasteiger partial charge < -0.3 is 0 Å². The van der Waals surface area contributed by atoms with Crippen molar-refractivity contribution in [3.63, 3.8) is 0 Å². The van der Waals surface area contributed by atoms with E-state index in [2.05, 4.69) is 0 Å². The van der Waals surface area contributed by atoms with E-state index < -0.39 is 18.5 Å². The Labute approximate surface area is 72.3 Å². The summed E-state index contributed by atoms with van der Waals surface area (Å²) in [7, 11) is 0. The van der Waals surface area contributed by atoms with Gasteiger partial charge in [0.25, 0.3) is 5.92 Å². The molecule has 0 nitrogen and oxygen atoms in total. The molecule has 0 amide bonds. The zero-order valence-electron chi connectivity index (χ0n) is 6.64. The fourth-order valence-corrected chi connectivity index (χ4v) is 0.352. The third kappa shape index (κ3) is 42.7. The molecule has 0 rings (SSSR count). The highest BCUT2D eigenvalue weighted by molar-refractivity contribution is 4.63. The molecule has 0 atom stereocenters. The van der Waals surface area contributed by atoms with E-state index in [0.29, 0.717) is 0 Å². The molecule has 0 aliphatic carbocycles. The van der Waals surface area contributed by atoms with Gasteiger partial charge >= 0.3 is 6.18 Å². The van der Waals surface area contributed by atoms with Crippen LogP contribution in [0.5, 0.6) is 0 Å². The van der Waals surface area contributed by atoms with Crippen LogP contribution in [0.1, 0.15) is 13.3 Å². The molecule has 0 aliphatic heterocycles. The number of hydrogen-bond acceptors (Lipinski definition) is 0. The molecule has 0 radical (unpaired) electrons. The van der Waals surface area contributed by atoms with Crippen LogP contribution in [0.2, 0.25) is 0 Å². The summed E-state index contributed by atoms with van der Waals surface area (Å²) in [6.07, 6.45) is -6.81. The molecule has 0 N–H and O–H groups in total. The van der Waals surface area contributed by atoms with E-state index in [1.165, 1.54) is 0 Å². The third-order valence-electron chi connectivity index (χ3n) is 0.511. The SMILES string of the molecule is CC(F)(F)CC(F)(F)F.F.F.F.F.F. The zero-order chi connectivity index (χ0) is 7.71. The van der Waals surface area contributed by atoms with Gasteiger partial charge in [0.05, 0.1) is 0 Å². The maximum Gasteiger partial charge on any atom is 0.394 e. The highest BCUT2D eigenvalue weighted by atomic mass is 19.4. The maximum absolute atomic E-state index is 11.5. The molecular formula is C4H10F10.